The van der Waals surface area contributed by atoms with Crippen LogP contribution in [0.2, 0.25) is 0 Å². The molecule has 12 nitrogen and oxygen atoms in total. The lowest BCUT2D eigenvalue weighted by Crippen LogP contribution is -2.18. The highest BCUT2D eigenvalue weighted by molar-refractivity contribution is 5.83. The number of hydrogen-bond donors (Lipinski definition) is 4. The summed E-state index contributed by atoms with van der Waals surface area (Å²) < 4.78 is 22.3. The van der Waals surface area contributed by atoms with Gasteiger partial charge in [-0.25, -0.2) is 5.43 Å². The molecule has 0 fully saturated rings. The zero-order valence-corrected chi connectivity index (χ0v) is 22.3. The van der Waals surface area contributed by atoms with Gasteiger partial charge in [0.25, 0.3) is 0 Å². The van der Waals surface area contributed by atoms with Crippen LogP contribution < -0.4 is 40.4 Å². The van der Waals surface area contributed by atoms with Crippen LogP contribution in [0.25, 0.3) is 0 Å². The first-order valence-electron chi connectivity index (χ1n) is 13.0. The van der Waals surface area contributed by atoms with E-state index in [2.05, 4.69) is 41.7 Å². The largest absolute Gasteiger partial charge is 0.495 e. The van der Waals surface area contributed by atoms with Crippen molar-refractivity contribution < 1.29 is 18.9 Å². The van der Waals surface area contributed by atoms with Crippen LogP contribution in [0.4, 0.5) is 29.0 Å². The number of fused-ring (bicyclic) bond motifs is 2. The van der Waals surface area contributed by atoms with Crippen LogP contribution in [0.5, 0.6) is 23.0 Å². The fourth-order valence-corrected chi connectivity index (χ4v) is 4.22. The van der Waals surface area contributed by atoms with Crippen LogP contribution in [0.1, 0.15) is 11.1 Å². The van der Waals surface area contributed by atoms with Gasteiger partial charge in [-0.2, -0.15) is 20.2 Å². The van der Waals surface area contributed by atoms with Gasteiger partial charge in [-0.3, -0.25) is 5.43 Å². The summed E-state index contributed by atoms with van der Waals surface area (Å²) in [4.78, 5) is 9.07. The lowest BCUT2D eigenvalue weighted by atomic mass is 10.2. The summed E-state index contributed by atoms with van der Waals surface area (Å²) in [5.41, 5.74) is 9.30. The molecule has 3 heterocycles. The average Bonchev–Trinajstić information content (AvgIpc) is 3.01. The summed E-state index contributed by atoms with van der Waals surface area (Å²) in [6, 6.07) is 20.7. The fraction of sp³-hybridized carbons (Fsp3) is 0.172. The number of nitrogens with one attached hydrogen (secondary N) is 4. The summed E-state index contributed by atoms with van der Waals surface area (Å²) >= 11 is 0. The predicted molar refractivity (Wildman–Crippen MR) is 159 cm³/mol. The van der Waals surface area contributed by atoms with E-state index in [1.54, 1.807) is 25.6 Å². The van der Waals surface area contributed by atoms with E-state index >= 15 is 0 Å². The quantitative estimate of drug-likeness (QED) is 0.171. The number of methoxy groups -OCH3 is 1. The second-order valence-electron chi connectivity index (χ2n) is 8.96. The Bertz CT molecular complexity index is 1500. The number of aromatic nitrogens is 2. The monoisotopic (exact) mass is 552 g/mol. The molecule has 0 radical (unpaired) electrons. The van der Waals surface area contributed by atoms with Crippen molar-refractivity contribution in [3.05, 3.63) is 77.9 Å². The molecule has 1 aromatic heterocycles. The second-order valence-corrected chi connectivity index (χ2v) is 8.96. The van der Waals surface area contributed by atoms with Crippen molar-refractivity contribution in [2.75, 3.05) is 55.0 Å². The fourth-order valence-electron chi connectivity index (χ4n) is 4.22. The first kappa shape index (κ1) is 25.7. The van der Waals surface area contributed by atoms with Crippen molar-refractivity contribution in [2.45, 2.75) is 0 Å². The zero-order valence-electron chi connectivity index (χ0n) is 22.3. The van der Waals surface area contributed by atoms with E-state index in [9.17, 15) is 0 Å². The van der Waals surface area contributed by atoms with Crippen molar-refractivity contribution in [2.24, 2.45) is 10.2 Å². The number of benzene rings is 3. The summed E-state index contributed by atoms with van der Waals surface area (Å²) in [7, 11) is 1.62. The lowest BCUT2D eigenvalue weighted by molar-refractivity contribution is 0.171. The van der Waals surface area contributed by atoms with E-state index < -0.39 is 0 Å². The SMILES string of the molecule is COc1ccccc1Nc1cc(NN=Cc2ccc3c(c2)OCCO3)nc(NN=Cc2ccc3c(c2)NCCO3)n1. The summed E-state index contributed by atoms with van der Waals surface area (Å²) in [6.07, 6.45) is 3.36. The molecule has 0 unspecified atom stereocenters. The van der Waals surface area contributed by atoms with Crippen LogP contribution in [-0.2, 0) is 0 Å². The van der Waals surface area contributed by atoms with Crippen molar-refractivity contribution in [1.82, 2.24) is 9.97 Å². The topological polar surface area (TPSA) is 136 Å². The van der Waals surface area contributed by atoms with Gasteiger partial charge in [-0.1, -0.05) is 12.1 Å². The number of anilines is 5. The molecule has 0 saturated heterocycles. The third-order valence-corrected chi connectivity index (χ3v) is 6.11. The smallest absolute Gasteiger partial charge is 0.247 e. The van der Waals surface area contributed by atoms with E-state index in [0.29, 0.717) is 43.0 Å². The highest BCUT2D eigenvalue weighted by atomic mass is 16.6. The van der Waals surface area contributed by atoms with Gasteiger partial charge < -0.3 is 29.6 Å². The maximum Gasteiger partial charge on any atom is 0.247 e. The van der Waals surface area contributed by atoms with Crippen LogP contribution in [0.3, 0.4) is 0 Å². The molecule has 0 atom stereocenters. The Morgan fingerprint density at radius 2 is 1.51 bits per heavy atom. The number of hydrazone groups is 2. The molecule has 0 saturated carbocycles. The van der Waals surface area contributed by atoms with Crippen LogP contribution >= 0.6 is 0 Å². The van der Waals surface area contributed by atoms with E-state index in [1.807, 2.05) is 60.7 Å². The Morgan fingerprint density at radius 1 is 0.780 bits per heavy atom. The molecule has 2 aliphatic heterocycles. The van der Waals surface area contributed by atoms with E-state index in [0.717, 1.165) is 40.5 Å². The molecule has 0 aliphatic carbocycles. The molecule has 3 aromatic carbocycles. The Labute approximate surface area is 236 Å². The minimum absolute atomic E-state index is 0.262. The normalized spacial score (nSPS) is 13.7. The summed E-state index contributed by atoms with van der Waals surface area (Å²) in [5, 5.41) is 15.3. The van der Waals surface area contributed by atoms with Gasteiger partial charge in [0.05, 0.1) is 30.9 Å². The van der Waals surface area contributed by atoms with Crippen molar-refractivity contribution in [3.63, 3.8) is 0 Å². The maximum atomic E-state index is 5.65. The highest BCUT2D eigenvalue weighted by Gasteiger charge is 2.12. The maximum absolute atomic E-state index is 5.65. The third-order valence-electron chi connectivity index (χ3n) is 6.11. The van der Waals surface area contributed by atoms with Crippen molar-refractivity contribution in [1.29, 1.82) is 0 Å². The van der Waals surface area contributed by atoms with Gasteiger partial charge in [-0.05, 0) is 59.7 Å². The molecule has 4 aromatic rings. The van der Waals surface area contributed by atoms with Gasteiger partial charge >= 0.3 is 0 Å². The highest BCUT2D eigenvalue weighted by Crippen LogP contribution is 2.31. The molecule has 6 rings (SSSR count). The standard InChI is InChI=1S/C29H28N8O4/c1-38-23-5-3-2-4-21(23)33-27-16-28(36-31-18-20-7-9-25-26(15-20)41-13-12-40-25)35-29(34-27)37-32-17-19-6-8-24-22(14-19)30-10-11-39-24/h2-9,14-18,30H,10-13H2,1H3,(H3,33,34,35,36,37). The Balaban J connectivity index is 1.21. The third kappa shape index (κ3) is 6.38. The lowest BCUT2D eigenvalue weighted by Gasteiger charge is -2.19. The van der Waals surface area contributed by atoms with Gasteiger partial charge in [0, 0.05) is 12.6 Å². The predicted octanol–water partition coefficient (Wildman–Crippen LogP) is 4.70. The van der Waals surface area contributed by atoms with Gasteiger partial charge in [0.15, 0.2) is 17.3 Å². The van der Waals surface area contributed by atoms with Crippen molar-refractivity contribution >= 4 is 41.4 Å². The number of hydrogen-bond acceptors (Lipinski definition) is 12. The number of rotatable bonds is 9. The molecule has 12 heteroatoms. The Hall–Kier alpha value is -5.52. The number of ether oxygens (including phenoxy) is 4. The van der Waals surface area contributed by atoms with Crippen molar-refractivity contribution in [3.8, 4) is 23.0 Å². The van der Waals surface area contributed by atoms with E-state index in [4.69, 9.17) is 18.9 Å². The molecule has 0 bridgehead atoms. The molecule has 0 spiro atoms. The van der Waals surface area contributed by atoms with E-state index in [-0.39, 0.29) is 5.95 Å². The molecule has 41 heavy (non-hydrogen) atoms. The zero-order chi connectivity index (χ0) is 27.9. The van der Waals surface area contributed by atoms with Crippen LogP contribution in [-0.4, -0.2) is 55.9 Å². The number of nitrogens with zero attached hydrogens (tertiary/aromatic N) is 4. The Kier molecular flexibility index (Phi) is 7.61. The second kappa shape index (κ2) is 12.1. The minimum Gasteiger partial charge on any atom is -0.495 e. The summed E-state index contributed by atoms with van der Waals surface area (Å²) in [6.45, 7) is 2.47. The molecular formula is C29H28N8O4. The molecule has 0 amide bonds. The minimum atomic E-state index is 0.262. The molecule has 208 valence electrons. The van der Waals surface area contributed by atoms with Gasteiger partial charge in [0.1, 0.15) is 37.1 Å². The molecular weight excluding hydrogens is 524 g/mol. The first-order chi connectivity index (χ1) is 20.2. The van der Waals surface area contributed by atoms with Gasteiger partial charge in [0.2, 0.25) is 5.95 Å². The Morgan fingerprint density at radius 3 is 2.39 bits per heavy atom. The molecule has 2 aliphatic rings. The first-order valence-corrected chi connectivity index (χ1v) is 13.0. The van der Waals surface area contributed by atoms with Crippen LogP contribution in [0, 0.1) is 0 Å². The number of para-hydroxylation sites is 2. The summed E-state index contributed by atoms with van der Waals surface area (Å²) in [5.74, 6) is 4.13. The average molecular weight is 553 g/mol. The van der Waals surface area contributed by atoms with Crippen LogP contribution in [0.15, 0.2) is 76.9 Å². The molecule has 4 N–H and O–H groups in total. The van der Waals surface area contributed by atoms with E-state index in [1.165, 1.54) is 0 Å². The van der Waals surface area contributed by atoms with Gasteiger partial charge in [-0.15, -0.1) is 0 Å².